The molecular weight excluding hydrogens is 234 g/mol. The van der Waals surface area contributed by atoms with Crippen LogP contribution in [0.2, 0.25) is 0 Å². The van der Waals surface area contributed by atoms with Crippen molar-refractivity contribution in [1.29, 1.82) is 0 Å². The number of amides is 1. The van der Waals surface area contributed by atoms with E-state index in [4.69, 9.17) is 18.0 Å². The lowest BCUT2D eigenvalue weighted by molar-refractivity contribution is -0.126. The molecule has 0 aromatic carbocycles. The third-order valence-corrected chi connectivity index (χ3v) is 3.39. The van der Waals surface area contributed by atoms with Gasteiger partial charge >= 0.3 is 0 Å². The standard InChI is InChI=1S/C12H23N3OS/c1-9(2)15(8-6-11(13)17)10-5-3-4-7-14-12(10)16/h9-10H,3-8H2,1-2H3,(H2,13,17)(H,14,16). The summed E-state index contributed by atoms with van der Waals surface area (Å²) >= 11 is 4.91. The summed E-state index contributed by atoms with van der Waals surface area (Å²) in [6.07, 6.45) is 3.78. The highest BCUT2D eigenvalue weighted by atomic mass is 32.1. The fourth-order valence-corrected chi connectivity index (χ4v) is 2.34. The highest BCUT2D eigenvalue weighted by Gasteiger charge is 2.28. The second kappa shape index (κ2) is 6.91. The molecule has 4 nitrogen and oxygen atoms in total. The van der Waals surface area contributed by atoms with Gasteiger partial charge in [0.15, 0.2) is 0 Å². The lowest BCUT2D eigenvalue weighted by Crippen LogP contribution is -2.49. The van der Waals surface area contributed by atoms with E-state index in [0.29, 0.717) is 17.5 Å². The SMILES string of the molecule is CC(C)N(CCC(N)=S)C1CCCCNC1=O. The van der Waals surface area contributed by atoms with E-state index in [-0.39, 0.29) is 11.9 Å². The molecule has 1 atom stereocenters. The van der Waals surface area contributed by atoms with Gasteiger partial charge in [0, 0.05) is 25.6 Å². The summed E-state index contributed by atoms with van der Waals surface area (Å²) in [5.41, 5.74) is 5.54. The maximum atomic E-state index is 12.0. The number of carbonyl (C=O) groups excluding carboxylic acids is 1. The predicted octanol–water partition coefficient (Wildman–Crippen LogP) is 1.04. The number of hydrogen-bond acceptors (Lipinski definition) is 3. The van der Waals surface area contributed by atoms with Gasteiger partial charge in [0.25, 0.3) is 0 Å². The maximum Gasteiger partial charge on any atom is 0.237 e. The summed E-state index contributed by atoms with van der Waals surface area (Å²) in [4.78, 5) is 14.7. The second-order valence-electron chi connectivity index (χ2n) is 4.85. The van der Waals surface area contributed by atoms with E-state index in [9.17, 15) is 4.79 Å². The summed E-state index contributed by atoms with van der Waals surface area (Å²) in [6, 6.07) is 0.310. The van der Waals surface area contributed by atoms with Crippen LogP contribution in [0.1, 0.15) is 39.5 Å². The fraction of sp³-hybridized carbons (Fsp3) is 0.833. The average molecular weight is 257 g/mol. The van der Waals surface area contributed by atoms with Crippen LogP contribution in [0.5, 0.6) is 0 Å². The van der Waals surface area contributed by atoms with Gasteiger partial charge in [-0.3, -0.25) is 9.69 Å². The van der Waals surface area contributed by atoms with Gasteiger partial charge in [-0.25, -0.2) is 0 Å². The van der Waals surface area contributed by atoms with E-state index in [2.05, 4.69) is 24.1 Å². The molecule has 0 saturated carbocycles. The first-order chi connectivity index (χ1) is 8.02. The first kappa shape index (κ1) is 14.4. The van der Waals surface area contributed by atoms with E-state index < -0.39 is 0 Å². The Balaban J connectivity index is 2.66. The normalized spacial score (nSPS) is 21.4. The highest BCUT2D eigenvalue weighted by molar-refractivity contribution is 7.80. The van der Waals surface area contributed by atoms with Gasteiger partial charge in [-0.1, -0.05) is 12.2 Å². The second-order valence-corrected chi connectivity index (χ2v) is 5.37. The van der Waals surface area contributed by atoms with Crippen molar-refractivity contribution in [3.8, 4) is 0 Å². The first-order valence-electron chi connectivity index (χ1n) is 6.34. The van der Waals surface area contributed by atoms with E-state index in [1.165, 1.54) is 0 Å². The van der Waals surface area contributed by atoms with Crippen molar-refractivity contribution in [2.24, 2.45) is 5.73 Å². The number of nitrogens with zero attached hydrogens (tertiary/aromatic N) is 1. The number of rotatable bonds is 5. The van der Waals surface area contributed by atoms with Crippen molar-refractivity contribution >= 4 is 23.1 Å². The van der Waals surface area contributed by atoms with Gasteiger partial charge in [-0.05, 0) is 33.1 Å². The molecule has 98 valence electrons. The van der Waals surface area contributed by atoms with Crippen LogP contribution in [0.25, 0.3) is 0 Å². The van der Waals surface area contributed by atoms with Gasteiger partial charge in [-0.2, -0.15) is 0 Å². The van der Waals surface area contributed by atoms with Gasteiger partial charge in [0.1, 0.15) is 0 Å². The number of nitrogens with two attached hydrogens (primary N) is 1. The molecule has 0 bridgehead atoms. The van der Waals surface area contributed by atoms with Crippen molar-refractivity contribution in [2.75, 3.05) is 13.1 Å². The Morgan fingerprint density at radius 3 is 2.88 bits per heavy atom. The smallest absolute Gasteiger partial charge is 0.237 e. The molecule has 1 aliphatic rings. The monoisotopic (exact) mass is 257 g/mol. The van der Waals surface area contributed by atoms with Gasteiger partial charge < -0.3 is 11.1 Å². The molecule has 3 N–H and O–H groups in total. The molecule has 1 heterocycles. The van der Waals surface area contributed by atoms with E-state index >= 15 is 0 Å². The lowest BCUT2D eigenvalue weighted by Gasteiger charge is -2.33. The Kier molecular flexibility index (Phi) is 5.85. The molecule has 1 rings (SSSR count). The van der Waals surface area contributed by atoms with Crippen LogP contribution >= 0.6 is 12.2 Å². The summed E-state index contributed by atoms with van der Waals surface area (Å²) in [5, 5.41) is 2.97. The quantitative estimate of drug-likeness (QED) is 0.723. The highest BCUT2D eigenvalue weighted by Crippen LogP contribution is 2.15. The molecule has 0 spiro atoms. The van der Waals surface area contributed by atoms with Crippen LogP contribution in [0, 0.1) is 0 Å². The zero-order chi connectivity index (χ0) is 12.8. The fourth-order valence-electron chi connectivity index (χ4n) is 2.25. The molecule has 0 aromatic heterocycles. The maximum absolute atomic E-state index is 12.0. The summed E-state index contributed by atoms with van der Waals surface area (Å²) in [6.45, 7) is 5.79. The molecule has 1 fully saturated rings. The van der Waals surface area contributed by atoms with Crippen molar-refractivity contribution < 1.29 is 4.79 Å². The zero-order valence-corrected chi connectivity index (χ0v) is 11.6. The minimum atomic E-state index is -0.0214. The lowest BCUT2D eigenvalue weighted by atomic mass is 10.1. The Morgan fingerprint density at radius 1 is 1.59 bits per heavy atom. The Bertz CT molecular complexity index is 281. The summed E-state index contributed by atoms with van der Waals surface area (Å²) in [5.74, 6) is 0.152. The molecule has 5 heteroatoms. The van der Waals surface area contributed by atoms with Crippen LogP contribution in [0.15, 0.2) is 0 Å². The molecule has 0 aromatic rings. The minimum absolute atomic E-state index is 0.0214. The number of nitrogens with one attached hydrogen (secondary N) is 1. The summed E-state index contributed by atoms with van der Waals surface area (Å²) < 4.78 is 0. The van der Waals surface area contributed by atoms with Crippen LogP contribution in [-0.2, 0) is 4.79 Å². The van der Waals surface area contributed by atoms with Crippen LogP contribution in [0.3, 0.4) is 0 Å². The molecule has 1 unspecified atom stereocenters. The summed E-state index contributed by atoms with van der Waals surface area (Å²) in [7, 11) is 0. The average Bonchev–Trinajstić information content (AvgIpc) is 2.44. The van der Waals surface area contributed by atoms with Gasteiger partial charge in [0.2, 0.25) is 5.91 Å². The van der Waals surface area contributed by atoms with Crippen molar-refractivity contribution in [3.05, 3.63) is 0 Å². The van der Waals surface area contributed by atoms with Gasteiger partial charge in [-0.15, -0.1) is 0 Å². The minimum Gasteiger partial charge on any atom is -0.393 e. The first-order valence-corrected chi connectivity index (χ1v) is 6.75. The van der Waals surface area contributed by atoms with E-state index in [1.807, 2.05) is 0 Å². The Hall–Kier alpha value is -0.680. The Morgan fingerprint density at radius 2 is 2.29 bits per heavy atom. The van der Waals surface area contributed by atoms with Gasteiger partial charge in [0.05, 0.1) is 11.0 Å². The van der Waals surface area contributed by atoms with Crippen molar-refractivity contribution in [1.82, 2.24) is 10.2 Å². The molecule has 0 aliphatic carbocycles. The topological polar surface area (TPSA) is 58.4 Å². The van der Waals surface area contributed by atoms with Crippen LogP contribution in [-0.4, -0.2) is 41.0 Å². The number of carbonyl (C=O) groups is 1. The largest absolute Gasteiger partial charge is 0.393 e. The molecule has 1 saturated heterocycles. The van der Waals surface area contributed by atoms with E-state index in [1.54, 1.807) is 0 Å². The molecule has 17 heavy (non-hydrogen) atoms. The van der Waals surface area contributed by atoms with Crippen molar-refractivity contribution in [2.45, 2.75) is 51.6 Å². The van der Waals surface area contributed by atoms with Crippen LogP contribution in [0.4, 0.5) is 0 Å². The zero-order valence-electron chi connectivity index (χ0n) is 10.7. The molecule has 1 aliphatic heterocycles. The Labute approximate surface area is 109 Å². The van der Waals surface area contributed by atoms with Crippen LogP contribution < -0.4 is 11.1 Å². The number of hydrogen-bond donors (Lipinski definition) is 2. The predicted molar refractivity (Wildman–Crippen MR) is 73.9 cm³/mol. The third kappa shape index (κ3) is 4.60. The number of thiocarbonyl (C=S) groups is 1. The molecular formula is C12H23N3OS. The van der Waals surface area contributed by atoms with E-state index in [0.717, 1.165) is 32.4 Å². The van der Waals surface area contributed by atoms with Crippen molar-refractivity contribution in [3.63, 3.8) is 0 Å². The molecule has 1 amide bonds. The molecule has 0 radical (unpaired) electrons. The third-order valence-electron chi connectivity index (χ3n) is 3.19.